The highest BCUT2D eigenvalue weighted by atomic mass is 32.2. The maximum absolute atomic E-state index is 12.5. The van der Waals surface area contributed by atoms with Gasteiger partial charge >= 0.3 is 0 Å². The fourth-order valence-electron chi connectivity index (χ4n) is 2.93. The van der Waals surface area contributed by atoms with Gasteiger partial charge in [-0.2, -0.15) is 0 Å². The number of hydrogen-bond acceptors (Lipinski definition) is 4. The molecule has 0 aliphatic carbocycles. The predicted octanol–water partition coefficient (Wildman–Crippen LogP) is 3.38. The molecule has 1 heterocycles. The van der Waals surface area contributed by atoms with E-state index < -0.39 is 15.9 Å². The first kappa shape index (κ1) is 19.0. The third kappa shape index (κ3) is 4.31. The van der Waals surface area contributed by atoms with Crippen LogP contribution in [-0.4, -0.2) is 27.1 Å². The van der Waals surface area contributed by atoms with Gasteiger partial charge in [0.05, 0.1) is 18.0 Å². The summed E-state index contributed by atoms with van der Waals surface area (Å²) >= 11 is 0. The Morgan fingerprint density at radius 3 is 2.48 bits per heavy atom. The summed E-state index contributed by atoms with van der Waals surface area (Å²) in [5.41, 5.74) is 2.01. The lowest BCUT2D eigenvalue weighted by Crippen LogP contribution is -2.41. The molecule has 0 aliphatic heterocycles. The van der Waals surface area contributed by atoms with Crippen molar-refractivity contribution < 1.29 is 17.6 Å². The first-order chi connectivity index (χ1) is 12.8. The maximum atomic E-state index is 12.5. The first-order valence-electron chi connectivity index (χ1n) is 8.57. The van der Waals surface area contributed by atoms with Gasteiger partial charge in [-0.25, -0.2) is 8.42 Å². The quantitative estimate of drug-likeness (QED) is 0.704. The number of amides is 1. The monoisotopic (exact) mass is 386 g/mol. The third-order valence-corrected chi connectivity index (χ3v) is 5.45. The molecule has 27 heavy (non-hydrogen) atoms. The highest BCUT2D eigenvalue weighted by Crippen LogP contribution is 2.24. The summed E-state index contributed by atoms with van der Waals surface area (Å²) in [6.45, 7) is 3.31. The van der Waals surface area contributed by atoms with Crippen molar-refractivity contribution in [2.24, 2.45) is 0 Å². The van der Waals surface area contributed by atoms with Crippen LogP contribution in [0.2, 0.25) is 0 Å². The largest absolute Gasteiger partial charge is 0.459 e. The van der Waals surface area contributed by atoms with Crippen molar-refractivity contribution in [1.29, 1.82) is 0 Å². The lowest BCUT2D eigenvalue weighted by Gasteiger charge is -2.24. The van der Waals surface area contributed by atoms with E-state index in [0.29, 0.717) is 11.4 Å². The molecule has 1 N–H and O–H groups in total. The molecule has 1 amide bonds. The number of furan rings is 1. The van der Waals surface area contributed by atoms with Gasteiger partial charge in [0.1, 0.15) is 17.9 Å². The molecule has 3 rings (SSSR count). The number of nitrogens with zero attached hydrogens (tertiary/aromatic N) is 1. The number of rotatable bonds is 6. The lowest BCUT2D eigenvalue weighted by atomic mass is 10.2. The summed E-state index contributed by atoms with van der Waals surface area (Å²) in [6, 6.07) is 16.1. The van der Waals surface area contributed by atoms with E-state index in [9.17, 15) is 13.2 Å². The zero-order valence-corrected chi connectivity index (χ0v) is 16.3. The van der Waals surface area contributed by atoms with Gasteiger partial charge in [0, 0.05) is 5.39 Å². The van der Waals surface area contributed by atoms with Gasteiger partial charge < -0.3 is 9.73 Å². The van der Waals surface area contributed by atoms with Gasteiger partial charge in [0.2, 0.25) is 15.9 Å². The van der Waals surface area contributed by atoms with Gasteiger partial charge in [-0.3, -0.25) is 9.10 Å². The average Bonchev–Trinajstić information content (AvgIpc) is 3.04. The van der Waals surface area contributed by atoms with Crippen LogP contribution in [0.1, 0.15) is 24.3 Å². The molecular weight excluding hydrogens is 364 g/mol. The second kappa shape index (κ2) is 7.44. The highest BCUT2D eigenvalue weighted by molar-refractivity contribution is 7.92. The van der Waals surface area contributed by atoms with Crippen LogP contribution in [0.25, 0.3) is 11.0 Å². The minimum Gasteiger partial charge on any atom is -0.459 e. The number of sulfonamides is 1. The Balaban J connectivity index is 1.77. The number of fused-ring (bicyclic) bond motifs is 1. The lowest BCUT2D eigenvalue weighted by molar-refractivity contribution is -0.120. The maximum Gasteiger partial charge on any atom is 0.241 e. The van der Waals surface area contributed by atoms with E-state index in [1.165, 1.54) is 0 Å². The van der Waals surface area contributed by atoms with E-state index in [4.69, 9.17) is 4.42 Å². The summed E-state index contributed by atoms with van der Waals surface area (Å²) in [5.74, 6) is 0.211. The third-order valence-electron chi connectivity index (χ3n) is 4.32. The molecule has 0 bridgehead atoms. The van der Waals surface area contributed by atoms with Crippen LogP contribution < -0.4 is 9.62 Å². The normalized spacial score (nSPS) is 12.7. The zero-order valence-electron chi connectivity index (χ0n) is 15.5. The SMILES string of the molecule is Cc1ccccc1N(CC(=O)NC(C)c1cc2ccccc2o1)S(C)(=O)=O. The van der Waals surface area contributed by atoms with E-state index in [0.717, 1.165) is 27.1 Å². The van der Waals surface area contributed by atoms with Crippen molar-refractivity contribution in [3.8, 4) is 0 Å². The summed E-state index contributed by atoms with van der Waals surface area (Å²) in [5, 5.41) is 3.76. The molecule has 0 fully saturated rings. The number of anilines is 1. The van der Waals surface area contributed by atoms with Crippen LogP contribution in [0.5, 0.6) is 0 Å². The molecule has 0 spiro atoms. The van der Waals surface area contributed by atoms with Crippen LogP contribution in [0.3, 0.4) is 0 Å². The number of para-hydroxylation sites is 2. The fourth-order valence-corrected chi connectivity index (χ4v) is 3.84. The van der Waals surface area contributed by atoms with E-state index in [1.807, 2.05) is 49.4 Å². The van der Waals surface area contributed by atoms with Crippen LogP contribution in [0.15, 0.2) is 59.0 Å². The minimum atomic E-state index is -3.61. The molecular formula is C20H22N2O4S. The summed E-state index contributed by atoms with van der Waals surface area (Å²) in [4.78, 5) is 12.5. The Labute approximate surface area is 158 Å². The number of hydrogen-bond donors (Lipinski definition) is 1. The predicted molar refractivity (Wildman–Crippen MR) is 106 cm³/mol. The molecule has 7 heteroatoms. The van der Waals surface area contributed by atoms with E-state index in [1.54, 1.807) is 19.1 Å². The van der Waals surface area contributed by atoms with Gasteiger partial charge in [-0.05, 0) is 37.6 Å². The Bertz CT molecular complexity index is 1040. The summed E-state index contributed by atoms with van der Waals surface area (Å²) < 4.78 is 31.3. The van der Waals surface area contributed by atoms with E-state index in [2.05, 4.69) is 5.32 Å². The molecule has 142 valence electrons. The fraction of sp³-hybridized carbons (Fsp3) is 0.250. The van der Waals surface area contributed by atoms with Crippen LogP contribution in [0.4, 0.5) is 5.69 Å². The summed E-state index contributed by atoms with van der Waals surface area (Å²) in [7, 11) is -3.61. The first-order valence-corrected chi connectivity index (χ1v) is 10.4. The standard InChI is InChI=1S/C20H22N2O4S/c1-14-8-4-6-10-17(14)22(27(3,24)25)13-20(23)21-15(2)19-12-16-9-5-7-11-18(16)26-19/h4-12,15H,13H2,1-3H3,(H,21,23). The zero-order chi connectivity index (χ0) is 19.6. The van der Waals surface area contributed by atoms with Crippen LogP contribution in [0, 0.1) is 6.92 Å². The average molecular weight is 386 g/mol. The minimum absolute atomic E-state index is 0.297. The van der Waals surface area contributed by atoms with Crippen molar-refractivity contribution >= 4 is 32.6 Å². The Morgan fingerprint density at radius 2 is 1.81 bits per heavy atom. The molecule has 6 nitrogen and oxygen atoms in total. The second-order valence-corrected chi connectivity index (χ2v) is 8.44. The molecule has 1 atom stereocenters. The van der Waals surface area contributed by atoms with Crippen molar-refractivity contribution in [1.82, 2.24) is 5.32 Å². The second-order valence-electron chi connectivity index (χ2n) is 6.53. The molecule has 1 unspecified atom stereocenters. The van der Waals surface area contributed by atoms with Crippen LogP contribution >= 0.6 is 0 Å². The Kier molecular flexibility index (Phi) is 5.23. The molecule has 2 aromatic carbocycles. The van der Waals surface area contributed by atoms with Crippen molar-refractivity contribution in [3.05, 3.63) is 65.9 Å². The molecule has 0 aliphatic rings. The van der Waals surface area contributed by atoms with Crippen LogP contribution in [-0.2, 0) is 14.8 Å². The van der Waals surface area contributed by atoms with E-state index in [-0.39, 0.29) is 12.6 Å². The number of benzene rings is 2. The van der Waals surface area contributed by atoms with Crippen molar-refractivity contribution in [2.45, 2.75) is 19.9 Å². The van der Waals surface area contributed by atoms with Crippen molar-refractivity contribution in [2.75, 3.05) is 17.1 Å². The molecule has 3 aromatic rings. The molecule has 1 aromatic heterocycles. The van der Waals surface area contributed by atoms with Gasteiger partial charge in [0.25, 0.3) is 0 Å². The number of carbonyl (C=O) groups is 1. The molecule has 0 saturated carbocycles. The smallest absolute Gasteiger partial charge is 0.241 e. The number of nitrogens with one attached hydrogen (secondary N) is 1. The summed E-state index contributed by atoms with van der Waals surface area (Å²) in [6.07, 6.45) is 1.09. The van der Waals surface area contributed by atoms with Gasteiger partial charge in [-0.15, -0.1) is 0 Å². The highest BCUT2D eigenvalue weighted by Gasteiger charge is 2.23. The number of aryl methyl sites for hydroxylation is 1. The topological polar surface area (TPSA) is 79.6 Å². The van der Waals surface area contributed by atoms with Crippen molar-refractivity contribution in [3.63, 3.8) is 0 Å². The molecule has 0 saturated heterocycles. The van der Waals surface area contributed by atoms with Gasteiger partial charge in [-0.1, -0.05) is 36.4 Å². The number of carbonyl (C=O) groups excluding carboxylic acids is 1. The Hall–Kier alpha value is -2.80. The van der Waals surface area contributed by atoms with Gasteiger partial charge in [0.15, 0.2) is 0 Å². The van der Waals surface area contributed by atoms with E-state index >= 15 is 0 Å². The Morgan fingerprint density at radius 1 is 1.15 bits per heavy atom. The molecule has 0 radical (unpaired) electrons.